The normalized spacial score (nSPS) is 11.8. The number of aliphatic carboxylic acids is 1. The van der Waals surface area contributed by atoms with Crippen LogP contribution in [0.3, 0.4) is 0 Å². The molecule has 0 saturated carbocycles. The third-order valence-electron chi connectivity index (χ3n) is 5.14. The maximum Gasteiger partial charge on any atom is 0.268 e. The van der Waals surface area contributed by atoms with Crippen LogP contribution in [-0.2, 0) is 16.0 Å². The molecule has 0 unspecified atom stereocenters. The second-order valence-electron chi connectivity index (χ2n) is 7.55. The number of hydrogen-bond donors (Lipinski definition) is 2. The number of carboxylic acid groups (broad SMARTS) is 1. The first-order chi connectivity index (χ1) is 16.9. The third-order valence-corrected chi connectivity index (χ3v) is 5.14. The summed E-state index contributed by atoms with van der Waals surface area (Å²) in [6.45, 7) is 0. The number of carbonyl (C=O) groups is 3. The van der Waals surface area contributed by atoms with Crippen LogP contribution >= 0.6 is 0 Å². The lowest BCUT2D eigenvalue weighted by molar-refractivity contribution is -0.308. The number of ether oxygens (including phenoxy) is 2. The number of nitrogens with one attached hydrogen (secondary N) is 2. The average molecular weight is 474 g/mol. The van der Waals surface area contributed by atoms with Gasteiger partial charge in [0.15, 0.2) is 0 Å². The highest BCUT2D eigenvalue weighted by atomic mass is 16.5. The summed E-state index contributed by atoms with van der Waals surface area (Å²) in [5, 5.41) is 16.8. The number of hydrogen-bond acceptors (Lipinski definition) is 6. The summed E-state index contributed by atoms with van der Waals surface area (Å²) in [4.78, 5) is 37.7. The monoisotopic (exact) mass is 473 g/mol. The Balaban J connectivity index is 1.86. The van der Waals surface area contributed by atoms with Gasteiger partial charge in [0.2, 0.25) is 0 Å². The summed E-state index contributed by atoms with van der Waals surface area (Å²) in [7, 11) is 3.05. The van der Waals surface area contributed by atoms with Gasteiger partial charge in [-0.05, 0) is 60.0 Å². The van der Waals surface area contributed by atoms with Gasteiger partial charge in [-0.25, -0.2) is 0 Å². The average Bonchev–Trinajstić information content (AvgIpc) is 2.88. The Kier molecular flexibility index (Phi) is 8.61. The van der Waals surface area contributed by atoms with E-state index >= 15 is 0 Å². The van der Waals surface area contributed by atoms with E-state index in [1.165, 1.54) is 20.3 Å². The van der Waals surface area contributed by atoms with E-state index in [1.807, 2.05) is 0 Å². The fraction of sp³-hybridized carbons (Fsp3) is 0.148. The zero-order valence-corrected chi connectivity index (χ0v) is 19.3. The van der Waals surface area contributed by atoms with E-state index in [2.05, 4.69) is 10.6 Å². The highest BCUT2D eigenvalue weighted by molar-refractivity contribution is 6.06. The molecule has 3 aromatic carbocycles. The van der Waals surface area contributed by atoms with E-state index in [9.17, 15) is 19.5 Å². The molecule has 0 aromatic heterocycles. The van der Waals surface area contributed by atoms with Crippen LogP contribution in [0.15, 0.2) is 84.6 Å². The summed E-state index contributed by atoms with van der Waals surface area (Å²) < 4.78 is 10.2. The number of carboxylic acids is 1. The molecule has 0 fully saturated rings. The minimum atomic E-state index is -1.44. The molecule has 35 heavy (non-hydrogen) atoms. The van der Waals surface area contributed by atoms with E-state index in [0.29, 0.717) is 28.2 Å². The number of benzene rings is 3. The van der Waals surface area contributed by atoms with Gasteiger partial charge < -0.3 is 30.0 Å². The molecule has 8 nitrogen and oxygen atoms in total. The van der Waals surface area contributed by atoms with Crippen molar-refractivity contribution in [1.82, 2.24) is 10.6 Å². The highest BCUT2D eigenvalue weighted by Gasteiger charge is 2.20. The van der Waals surface area contributed by atoms with E-state index in [1.54, 1.807) is 78.9 Å². The van der Waals surface area contributed by atoms with Gasteiger partial charge in [-0.15, -0.1) is 0 Å². The van der Waals surface area contributed by atoms with E-state index in [0.717, 1.165) is 0 Å². The highest BCUT2D eigenvalue weighted by Crippen LogP contribution is 2.15. The summed E-state index contributed by atoms with van der Waals surface area (Å²) in [5.41, 5.74) is 1.47. The zero-order valence-electron chi connectivity index (χ0n) is 19.3. The molecular weight excluding hydrogens is 448 g/mol. The Morgan fingerprint density at radius 1 is 0.857 bits per heavy atom. The minimum absolute atomic E-state index is 0.0250. The molecule has 1 atom stereocenters. The largest absolute Gasteiger partial charge is 0.548 e. The molecule has 0 spiro atoms. The molecule has 8 heteroatoms. The minimum Gasteiger partial charge on any atom is -0.548 e. The Morgan fingerprint density at radius 3 is 1.97 bits per heavy atom. The van der Waals surface area contributed by atoms with Crippen molar-refractivity contribution in [3.05, 3.63) is 101 Å². The molecule has 2 N–H and O–H groups in total. The molecule has 3 rings (SSSR count). The van der Waals surface area contributed by atoms with Crippen molar-refractivity contribution in [2.45, 2.75) is 12.5 Å². The van der Waals surface area contributed by atoms with Crippen LogP contribution < -0.4 is 25.2 Å². The van der Waals surface area contributed by atoms with Crippen LogP contribution in [-0.4, -0.2) is 38.0 Å². The predicted molar refractivity (Wildman–Crippen MR) is 129 cm³/mol. The number of carbonyl (C=O) groups excluding carboxylic acids is 3. The van der Waals surface area contributed by atoms with Crippen LogP contribution in [0.25, 0.3) is 6.08 Å². The van der Waals surface area contributed by atoms with Gasteiger partial charge in [0.1, 0.15) is 17.2 Å². The van der Waals surface area contributed by atoms with Gasteiger partial charge in [-0.2, -0.15) is 0 Å². The standard InChI is InChI=1S/C27H26N2O6/c1-34-21-12-8-19(9-13-21)16-23(28-25(30)20-10-14-22(35-2)15-11-20)26(31)29-24(27(32)33)17-18-6-4-3-5-7-18/h3-16,24H,17H2,1-2H3,(H,28,30)(H,29,31)(H,32,33)/p-1/b23-16-/t24-/m0/s1. The van der Waals surface area contributed by atoms with Crippen molar-refractivity contribution >= 4 is 23.9 Å². The van der Waals surface area contributed by atoms with Crippen molar-refractivity contribution in [2.24, 2.45) is 0 Å². The predicted octanol–water partition coefficient (Wildman–Crippen LogP) is 1.95. The Morgan fingerprint density at radius 2 is 1.43 bits per heavy atom. The number of methoxy groups -OCH3 is 2. The fourth-order valence-electron chi connectivity index (χ4n) is 3.24. The van der Waals surface area contributed by atoms with Gasteiger partial charge in [0.05, 0.1) is 26.2 Å². The van der Waals surface area contributed by atoms with Gasteiger partial charge >= 0.3 is 0 Å². The lowest BCUT2D eigenvalue weighted by atomic mass is 10.1. The van der Waals surface area contributed by atoms with Crippen LogP contribution in [0.4, 0.5) is 0 Å². The molecule has 2 amide bonds. The summed E-state index contributed by atoms with van der Waals surface area (Å²) in [6.07, 6.45) is 1.47. The lowest BCUT2D eigenvalue weighted by Gasteiger charge is -2.21. The quantitative estimate of drug-likeness (QED) is 0.435. The maximum absolute atomic E-state index is 13.1. The smallest absolute Gasteiger partial charge is 0.268 e. The van der Waals surface area contributed by atoms with Gasteiger partial charge in [-0.1, -0.05) is 42.5 Å². The van der Waals surface area contributed by atoms with Crippen molar-refractivity contribution in [1.29, 1.82) is 0 Å². The summed E-state index contributed by atoms with van der Waals surface area (Å²) in [6, 6.07) is 20.7. The Labute approximate surface area is 203 Å². The Bertz CT molecular complexity index is 1190. The molecule has 0 heterocycles. The van der Waals surface area contributed by atoms with Gasteiger partial charge in [-0.3, -0.25) is 9.59 Å². The molecule has 0 radical (unpaired) electrons. The van der Waals surface area contributed by atoms with Crippen LogP contribution in [0, 0.1) is 0 Å². The Hall–Kier alpha value is -4.59. The topological polar surface area (TPSA) is 117 Å². The van der Waals surface area contributed by atoms with Crippen molar-refractivity contribution in [3.63, 3.8) is 0 Å². The van der Waals surface area contributed by atoms with Crippen LogP contribution in [0.1, 0.15) is 21.5 Å². The first-order valence-corrected chi connectivity index (χ1v) is 10.8. The first kappa shape index (κ1) is 25.0. The van der Waals surface area contributed by atoms with E-state index in [4.69, 9.17) is 9.47 Å². The lowest BCUT2D eigenvalue weighted by Crippen LogP contribution is -2.50. The van der Waals surface area contributed by atoms with Crippen molar-refractivity contribution in [2.75, 3.05) is 14.2 Å². The van der Waals surface area contributed by atoms with Gasteiger partial charge in [0, 0.05) is 5.56 Å². The fourth-order valence-corrected chi connectivity index (χ4v) is 3.24. The van der Waals surface area contributed by atoms with Crippen LogP contribution in [0.2, 0.25) is 0 Å². The zero-order chi connectivity index (χ0) is 25.2. The van der Waals surface area contributed by atoms with Crippen molar-refractivity contribution in [3.8, 4) is 11.5 Å². The van der Waals surface area contributed by atoms with E-state index in [-0.39, 0.29) is 12.1 Å². The van der Waals surface area contributed by atoms with Gasteiger partial charge in [0.25, 0.3) is 11.8 Å². The molecule has 180 valence electrons. The first-order valence-electron chi connectivity index (χ1n) is 10.8. The number of rotatable bonds is 10. The second-order valence-corrected chi connectivity index (χ2v) is 7.55. The molecule has 0 aliphatic heterocycles. The third kappa shape index (κ3) is 7.20. The van der Waals surface area contributed by atoms with Crippen molar-refractivity contribution < 1.29 is 29.0 Å². The number of amides is 2. The molecule has 0 aliphatic rings. The molecule has 0 bridgehead atoms. The summed E-state index contributed by atoms with van der Waals surface area (Å²) in [5.74, 6) is -1.56. The molecule has 3 aromatic rings. The second kappa shape index (κ2) is 12.0. The van der Waals surface area contributed by atoms with E-state index < -0.39 is 23.8 Å². The summed E-state index contributed by atoms with van der Waals surface area (Å²) >= 11 is 0. The molecule has 0 saturated heterocycles. The molecule has 0 aliphatic carbocycles. The maximum atomic E-state index is 13.1. The SMILES string of the molecule is COc1ccc(/C=C(\NC(=O)c2ccc(OC)cc2)C(=O)N[C@@H](Cc2ccccc2)C(=O)[O-])cc1. The molecular formula is C27H25N2O6-. The van der Waals surface area contributed by atoms with Crippen LogP contribution in [0.5, 0.6) is 11.5 Å².